The third kappa shape index (κ3) is 2.78. The molecule has 0 unspecified atom stereocenters. The van der Waals surface area contributed by atoms with Crippen molar-refractivity contribution in [2.24, 2.45) is 0 Å². The van der Waals surface area contributed by atoms with Crippen LogP contribution in [-0.2, 0) is 0 Å². The van der Waals surface area contributed by atoms with Gasteiger partial charge in [0.25, 0.3) is 0 Å². The molecule has 0 aliphatic carbocycles. The van der Waals surface area contributed by atoms with Gasteiger partial charge in [0.1, 0.15) is 11.5 Å². The maximum absolute atomic E-state index is 11.2. The average molecular weight is 260 g/mol. The van der Waals surface area contributed by atoms with Crippen molar-refractivity contribution in [2.45, 2.75) is 20.0 Å². The molecule has 1 N–H and O–H groups in total. The molecule has 0 heterocycles. The van der Waals surface area contributed by atoms with Gasteiger partial charge in [0.05, 0.1) is 18.8 Å². The summed E-state index contributed by atoms with van der Waals surface area (Å²) in [6.07, 6.45) is -0.0191. The number of hydrogen-bond donors (Lipinski definition) is 1. The van der Waals surface area contributed by atoms with E-state index in [4.69, 9.17) is 14.6 Å². The maximum Gasteiger partial charge on any atom is 0.335 e. The van der Waals surface area contributed by atoms with Crippen molar-refractivity contribution < 1.29 is 19.4 Å². The molecule has 0 amide bonds. The van der Waals surface area contributed by atoms with Gasteiger partial charge in [-0.15, -0.1) is 0 Å². The number of methoxy groups -OCH3 is 1. The minimum atomic E-state index is -0.974. The summed E-state index contributed by atoms with van der Waals surface area (Å²) in [5, 5.41) is 10.8. The fourth-order valence-corrected chi connectivity index (χ4v) is 1.91. The van der Waals surface area contributed by atoms with Gasteiger partial charge in [-0.1, -0.05) is 0 Å². The Labute approximate surface area is 111 Å². The molecular formula is C15H16O4. The van der Waals surface area contributed by atoms with Gasteiger partial charge in [-0.05, 0) is 49.6 Å². The van der Waals surface area contributed by atoms with Gasteiger partial charge < -0.3 is 14.6 Å². The summed E-state index contributed by atoms with van der Waals surface area (Å²) in [5.41, 5.74) is 0.205. The number of hydrogen-bond acceptors (Lipinski definition) is 3. The summed E-state index contributed by atoms with van der Waals surface area (Å²) < 4.78 is 10.8. The number of fused-ring (bicyclic) bond motifs is 1. The van der Waals surface area contributed by atoms with Crippen LogP contribution in [0.4, 0.5) is 0 Å². The van der Waals surface area contributed by atoms with E-state index in [1.807, 2.05) is 26.0 Å². The second-order valence-corrected chi connectivity index (χ2v) is 4.53. The first kappa shape index (κ1) is 13.2. The Kier molecular flexibility index (Phi) is 3.60. The van der Waals surface area contributed by atoms with Crippen LogP contribution in [0, 0.1) is 0 Å². The predicted molar refractivity (Wildman–Crippen MR) is 73.2 cm³/mol. The standard InChI is InChI=1S/C15H16O4/c1-9(2)19-14-8-11(15(16)17)6-10-7-12(18-3)4-5-13(10)14/h4-9H,1-3H3,(H,16,17). The summed E-state index contributed by atoms with van der Waals surface area (Å²) in [5.74, 6) is 0.288. The van der Waals surface area contributed by atoms with E-state index in [1.165, 1.54) is 0 Å². The molecule has 0 bridgehead atoms. The van der Waals surface area contributed by atoms with E-state index < -0.39 is 5.97 Å². The number of carboxylic acid groups (broad SMARTS) is 1. The summed E-state index contributed by atoms with van der Waals surface area (Å²) >= 11 is 0. The summed E-state index contributed by atoms with van der Waals surface area (Å²) in [7, 11) is 1.58. The molecule has 0 radical (unpaired) electrons. The zero-order chi connectivity index (χ0) is 14.0. The molecule has 2 aromatic carbocycles. The van der Waals surface area contributed by atoms with E-state index in [1.54, 1.807) is 25.3 Å². The van der Waals surface area contributed by atoms with Crippen LogP contribution in [0.15, 0.2) is 30.3 Å². The first-order chi connectivity index (χ1) is 9.01. The monoisotopic (exact) mass is 260 g/mol. The van der Waals surface area contributed by atoms with E-state index in [9.17, 15) is 4.79 Å². The number of benzene rings is 2. The van der Waals surface area contributed by atoms with Crippen molar-refractivity contribution in [2.75, 3.05) is 7.11 Å². The van der Waals surface area contributed by atoms with Crippen molar-refractivity contribution >= 4 is 16.7 Å². The lowest BCUT2D eigenvalue weighted by atomic mass is 10.1. The van der Waals surface area contributed by atoms with E-state index >= 15 is 0 Å². The van der Waals surface area contributed by atoms with Crippen LogP contribution < -0.4 is 9.47 Å². The molecule has 4 nitrogen and oxygen atoms in total. The van der Waals surface area contributed by atoms with Crippen molar-refractivity contribution in [1.29, 1.82) is 0 Å². The Morgan fingerprint density at radius 2 is 1.95 bits per heavy atom. The highest BCUT2D eigenvalue weighted by Gasteiger charge is 2.11. The van der Waals surface area contributed by atoms with Gasteiger partial charge >= 0.3 is 5.97 Å². The van der Waals surface area contributed by atoms with Gasteiger partial charge in [0, 0.05) is 5.39 Å². The first-order valence-electron chi connectivity index (χ1n) is 6.03. The van der Waals surface area contributed by atoms with E-state index in [0.717, 1.165) is 10.8 Å². The normalized spacial score (nSPS) is 10.7. The lowest BCUT2D eigenvalue weighted by Crippen LogP contribution is -2.07. The van der Waals surface area contributed by atoms with Crippen LogP contribution in [0.2, 0.25) is 0 Å². The minimum absolute atomic E-state index is 0.0191. The molecule has 0 spiro atoms. The van der Waals surface area contributed by atoms with Gasteiger partial charge in [0.2, 0.25) is 0 Å². The average Bonchev–Trinajstić information content (AvgIpc) is 2.37. The molecule has 0 saturated carbocycles. The highest BCUT2D eigenvalue weighted by molar-refractivity contribution is 5.98. The molecule has 2 aromatic rings. The SMILES string of the molecule is COc1ccc2c(OC(C)C)cc(C(=O)O)cc2c1. The highest BCUT2D eigenvalue weighted by Crippen LogP contribution is 2.31. The predicted octanol–water partition coefficient (Wildman–Crippen LogP) is 3.33. The summed E-state index contributed by atoms with van der Waals surface area (Å²) in [6, 6.07) is 8.67. The number of rotatable bonds is 4. The van der Waals surface area contributed by atoms with Crippen LogP contribution in [-0.4, -0.2) is 24.3 Å². The highest BCUT2D eigenvalue weighted by atomic mass is 16.5. The van der Waals surface area contributed by atoms with Crippen LogP contribution in [0.3, 0.4) is 0 Å². The van der Waals surface area contributed by atoms with E-state index in [-0.39, 0.29) is 11.7 Å². The van der Waals surface area contributed by atoms with Crippen molar-refractivity contribution in [3.05, 3.63) is 35.9 Å². The minimum Gasteiger partial charge on any atom is -0.497 e. The molecule has 19 heavy (non-hydrogen) atoms. The number of carbonyl (C=O) groups is 1. The molecule has 2 rings (SSSR count). The fraction of sp³-hybridized carbons (Fsp3) is 0.267. The zero-order valence-corrected chi connectivity index (χ0v) is 11.1. The van der Waals surface area contributed by atoms with Gasteiger partial charge in [0.15, 0.2) is 0 Å². The van der Waals surface area contributed by atoms with Crippen LogP contribution in [0.25, 0.3) is 10.8 Å². The van der Waals surface area contributed by atoms with E-state index in [0.29, 0.717) is 11.5 Å². The Balaban J connectivity index is 2.66. The van der Waals surface area contributed by atoms with Crippen LogP contribution >= 0.6 is 0 Å². The molecule has 0 atom stereocenters. The number of ether oxygens (including phenoxy) is 2. The zero-order valence-electron chi connectivity index (χ0n) is 11.1. The first-order valence-corrected chi connectivity index (χ1v) is 6.03. The second kappa shape index (κ2) is 5.18. The number of carboxylic acids is 1. The Morgan fingerprint density at radius 3 is 2.53 bits per heavy atom. The lowest BCUT2D eigenvalue weighted by molar-refractivity contribution is 0.0696. The maximum atomic E-state index is 11.2. The molecule has 4 heteroatoms. The largest absolute Gasteiger partial charge is 0.497 e. The third-order valence-electron chi connectivity index (χ3n) is 2.73. The number of aromatic carboxylic acids is 1. The van der Waals surface area contributed by atoms with Gasteiger partial charge in [-0.2, -0.15) is 0 Å². The Bertz CT molecular complexity index is 617. The van der Waals surface area contributed by atoms with E-state index in [2.05, 4.69) is 0 Å². The topological polar surface area (TPSA) is 55.8 Å². The molecule has 0 saturated heterocycles. The van der Waals surface area contributed by atoms with Crippen molar-refractivity contribution in [1.82, 2.24) is 0 Å². The van der Waals surface area contributed by atoms with Gasteiger partial charge in [-0.3, -0.25) is 0 Å². The summed E-state index contributed by atoms with van der Waals surface area (Å²) in [6.45, 7) is 3.81. The van der Waals surface area contributed by atoms with Gasteiger partial charge in [-0.25, -0.2) is 4.79 Å². The molecule has 0 fully saturated rings. The fourth-order valence-electron chi connectivity index (χ4n) is 1.91. The van der Waals surface area contributed by atoms with Crippen molar-refractivity contribution in [3.63, 3.8) is 0 Å². The molecule has 0 aliphatic heterocycles. The third-order valence-corrected chi connectivity index (χ3v) is 2.73. The molecular weight excluding hydrogens is 244 g/mol. The molecule has 0 aromatic heterocycles. The quantitative estimate of drug-likeness (QED) is 0.916. The Hall–Kier alpha value is -2.23. The second-order valence-electron chi connectivity index (χ2n) is 4.53. The lowest BCUT2D eigenvalue weighted by Gasteiger charge is -2.14. The Morgan fingerprint density at radius 1 is 1.21 bits per heavy atom. The molecule has 0 aliphatic rings. The molecule has 100 valence electrons. The van der Waals surface area contributed by atoms with Crippen molar-refractivity contribution in [3.8, 4) is 11.5 Å². The van der Waals surface area contributed by atoms with Crippen LogP contribution in [0.1, 0.15) is 24.2 Å². The summed E-state index contributed by atoms with van der Waals surface area (Å²) in [4.78, 5) is 11.2. The van der Waals surface area contributed by atoms with Crippen LogP contribution in [0.5, 0.6) is 11.5 Å². The smallest absolute Gasteiger partial charge is 0.335 e.